The molecule has 1 heterocycles. The summed E-state index contributed by atoms with van der Waals surface area (Å²) in [7, 11) is 0. The van der Waals surface area contributed by atoms with Crippen molar-refractivity contribution in [3.63, 3.8) is 0 Å². The zero-order chi connectivity index (χ0) is 18.8. The van der Waals surface area contributed by atoms with Crippen molar-refractivity contribution in [2.45, 2.75) is 26.2 Å². The molecule has 3 aromatic carbocycles. The molecular formula is C22H21N3O2. The summed E-state index contributed by atoms with van der Waals surface area (Å²) >= 11 is 0. The first-order chi connectivity index (χ1) is 13.2. The van der Waals surface area contributed by atoms with Crippen molar-refractivity contribution in [2.24, 2.45) is 0 Å². The first-order valence-electron chi connectivity index (χ1n) is 9.19. The summed E-state index contributed by atoms with van der Waals surface area (Å²) in [5, 5.41) is 7.16. The van der Waals surface area contributed by atoms with Crippen LogP contribution in [0.25, 0.3) is 10.9 Å². The van der Waals surface area contributed by atoms with Gasteiger partial charge in [0.1, 0.15) is 11.4 Å². The summed E-state index contributed by atoms with van der Waals surface area (Å²) in [5.74, 6) is 0. The molecule has 0 fully saturated rings. The summed E-state index contributed by atoms with van der Waals surface area (Å²) < 4.78 is 0. The van der Waals surface area contributed by atoms with Crippen LogP contribution in [0.15, 0.2) is 64.3 Å². The van der Waals surface area contributed by atoms with Crippen molar-refractivity contribution in [3.05, 3.63) is 80.7 Å². The molecular weight excluding hydrogens is 338 g/mol. The highest BCUT2D eigenvalue weighted by Gasteiger charge is 2.22. The van der Waals surface area contributed by atoms with Gasteiger partial charge in [-0.15, -0.1) is 0 Å². The van der Waals surface area contributed by atoms with Crippen LogP contribution in [0, 0.1) is 0 Å². The normalized spacial score (nSPS) is 11.1. The summed E-state index contributed by atoms with van der Waals surface area (Å²) in [6.07, 6.45) is 5.16. The van der Waals surface area contributed by atoms with E-state index in [4.69, 9.17) is 0 Å². The third-order valence-electron chi connectivity index (χ3n) is 4.80. The summed E-state index contributed by atoms with van der Waals surface area (Å²) in [5.41, 5.74) is 3.43. The zero-order valence-electron chi connectivity index (χ0n) is 15.1. The van der Waals surface area contributed by atoms with Gasteiger partial charge in [0.15, 0.2) is 0 Å². The van der Waals surface area contributed by atoms with E-state index in [9.17, 15) is 9.59 Å². The van der Waals surface area contributed by atoms with Crippen LogP contribution in [-0.4, -0.2) is 4.98 Å². The molecule has 3 N–H and O–H groups in total. The lowest BCUT2D eigenvalue weighted by Crippen LogP contribution is -2.35. The maximum absolute atomic E-state index is 12.1. The fraction of sp³-hybridized carbons (Fsp3) is 0.182. The topological polar surface area (TPSA) is 74.0 Å². The van der Waals surface area contributed by atoms with E-state index < -0.39 is 10.9 Å². The molecule has 0 radical (unpaired) electrons. The number of anilines is 4. The van der Waals surface area contributed by atoms with E-state index in [-0.39, 0.29) is 0 Å². The SMILES string of the molecule is CCCCc1ccc(Nc2c(Nc3c[nH]c4ccccc34)c(=O)c2=O)cc1. The second kappa shape index (κ2) is 7.11. The molecule has 4 rings (SSSR count). The van der Waals surface area contributed by atoms with E-state index in [0.29, 0.717) is 11.4 Å². The quantitative estimate of drug-likeness (QED) is 0.422. The average Bonchev–Trinajstić information content (AvgIpc) is 3.12. The van der Waals surface area contributed by atoms with Crippen LogP contribution < -0.4 is 21.5 Å². The number of unbranched alkanes of at least 4 members (excludes halogenated alkanes) is 1. The number of nitrogens with one attached hydrogen (secondary N) is 3. The van der Waals surface area contributed by atoms with E-state index in [1.165, 1.54) is 5.56 Å². The Morgan fingerprint density at radius 1 is 0.889 bits per heavy atom. The molecule has 27 heavy (non-hydrogen) atoms. The van der Waals surface area contributed by atoms with E-state index in [2.05, 4.69) is 34.7 Å². The number of para-hydroxylation sites is 1. The minimum absolute atomic E-state index is 0.305. The van der Waals surface area contributed by atoms with Crippen LogP contribution in [0.1, 0.15) is 25.3 Å². The standard InChI is InChI=1S/C22H21N3O2/c1-2-3-6-14-9-11-15(12-10-14)24-19-20(22(27)21(19)26)25-18-13-23-17-8-5-4-7-16(17)18/h4-5,7-13,23-25H,2-3,6H2,1H3. The molecule has 1 aromatic heterocycles. The highest BCUT2D eigenvalue weighted by molar-refractivity contribution is 5.96. The predicted octanol–water partition coefficient (Wildman–Crippen LogP) is 4.59. The van der Waals surface area contributed by atoms with Crippen LogP contribution in [-0.2, 0) is 6.42 Å². The van der Waals surface area contributed by atoms with Gasteiger partial charge in [0.2, 0.25) is 0 Å². The van der Waals surface area contributed by atoms with Crippen LogP contribution in [0.3, 0.4) is 0 Å². The van der Waals surface area contributed by atoms with E-state index >= 15 is 0 Å². The molecule has 5 heteroatoms. The van der Waals surface area contributed by atoms with Gasteiger partial charge in [-0.25, -0.2) is 0 Å². The molecule has 0 saturated carbocycles. The molecule has 0 atom stereocenters. The second-order valence-corrected chi connectivity index (χ2v) is 6.71. The Morgan fingerprint density at radius 3 is 2.33 bits per heavy atom. The Labute approximate surface area is 156 Å². The third kappa shape index (κ3) is 3.24. The lowest BCUT2D eigenvalue weighted by molar-refractivity contribution is 0.795. The Morgan fingerprint density at radius 2 is 1.59 bits per heavy atom. The molecule has 0 amide bonds. The van der Waals surface area contributed by atoms with Gasteiger partial charge in [-0.1, -0.05) is 43.7 Å². The third-order valence-corrected chi connectivity index (χ3v) is 4.80. The molecule has 0 bridgehead atoms. The van der Waals surface area contributed by atoms with Gasteiger partial charge in [-0.2, -0.15) is 0 Å². The van der Waals surface area contributed by atoms with Crippen molar-refractivity contribution < 1.29 is 0 Å². The van der Waals surface area contributed by atoms with Crippen LogP contribution in [0.4, 0.5) is 22.7 Å². The average molecular weight is 359 g/mol. The largest absolute Gasteiger partial charge is 0.359 e. The molecule has 0 aliphatic heterocycles. The first kappa shape index (κ1) is 17.1. The molecule has 0 spiro atoms. The smallest absolute Gasteiger partial charge is 0.253 e. The fourth-order valence-corrected chi connectivity index (χ4v) is 3.22. The minimum atomic E-state index is -0.498. The Hall–Kier alpha value is -3.34. The van der Waals surface area contributed by atoms with Crippen LogP contribution >= 0.6 is 0 Å². The van der Waals surface area contributed by atoms with Gasteiger partial charge < -0.3 is 15.6 Å². The predicted molar refractivity (Wildman–Crippen MR) is 111 cm³/mol. The highest BCUT2D eigenvalue weighted by Crippen LogP contribution is 2.29. The van der Waals surface area contributed by atoms with Gasteiger partial charge in [-0.3, -0.25) is 9.59 Å². The number of aryl methyl sites for hydroxylation is 1. The van der Waals surface area contributed by atoms with Crippen LogP contribution in [0.5, 0.6) is 0 Å². The monoisotopic (exact) mass is 359 g/mol. The number of aromatic nitrogens is 1. The minimum Gasteiger partial charge on any atom is -0.359 e. The molecule has 0 aliphatic rings. The Kier molecular flexibility index (Phi) is 4.50. The number of benzene rings is 2. The van der Waals surface area contributed by atoms with Crippen molar-refractivity contribution in [2.75, 3.05) is 10.6 Å². The number of hydrogen-bond acceptors (Lipinski definition) is 4. The second-order valence-electron chi connectivity index (χ2n) is 6.71. The number of rotatable bonds is 7. The van der Waals surface area contributed by atoms with Crippen molar-refractivity contribution in [1.82, 2.24) is 4.98 Å². The summed E-state index contributed by atoms with van der Waals surface area (Å²) in [6.45, 7) is 2.17. The van der Waals surface area contributed by atoms with E-state index in [1.807, 2.05) is 36.4 Å². The number of aromatic amines is 1. The zero-order valence-corrected chi connectivity index (χ0v) is 15.1. The number of H-pyrrole nitrogens is 1. The Bertz CT molecular complexity index is 1150. The molecule has 5 nitrogen and oxygen atoms in total. The number of hydrogen-bond donors (Lipinski definition) is 3. The van der Waals surface area contributed by atoms with Crippen LogP contribution in [0.2, 0.25) is 0 Å². The van der Waals surface area contributed by atoms with E-state index in [0.717, 1.165) is 41.5 Å². The van der Waals surface area contributed by atoms with Crippen molar-refractivity contribution >= 4 is 33.7 Å². The highest BCUT2D eigenvalue weighted by atomic mass is 16.2. The summed E-state index contributed by atoms with van der Waals surface area (Å²) in [4.78, 5) is 27.3. The van der Waals surface area contributed by atoms with Crippen molar-refractivity contribution in [3.8, 4) is 0 Å². The van der Waals surface area contributed by atoms with Gasteiger partial charge in [-0.05, 0) is 36.6 Å². The molecule has 4 aromatic rings. The maximum atomic E-state index is 12.1. The summed E-state index contributed by atoms with van der Waals surface area (Å²) in [6, 6.07) is 15.8. The van der Waals surface area contributed by atoms with Gasteiger partial charge in [0.25, 0.3) is 10.9 Å². The molecule has 0 saturated heterocycles. The first-order valence-corrected chi connectivity index (χ1v) is 9.19. The van der Waals surface area contributed by atoms with Crippen molar-refractivity contribution in [1.29, 1.82) is 0 Å². The van der Waals surface area contributed by atoms with Gasteiger partial charge in [0.05, 0.1) is 5.69 Å². The maximum Gasteiger partial charge on any atom is 0.253 e. The van der Waals surface area contributed by atoms with E-state index in [1.54, 1.807) is 6.20 Å². The fourth-order valence-electron chi connectivity index (χ4n) is 3.22. The molecule has 0 aliphatic carbocycles. The lowest BCUT2D eigenvalue weighted by atomic mass is 10.1. The Balaban J connectivity index is 1.56. The van der Waals surface area contributed by atoms with Gasteiger partial charge >= 0.3 is 0 Å². The molecule has 0 unspecified atom stereocenters. The molecule has 136 valence electrons. The van der Waals surface area contributed by atoms with Gasteiger partial charge in [0, 0.05) is 22.8 Å². The number of fused-ring (bicyclic) bond motifs is 1. The lowest BCUT2D eigenvalue weighted by Gasteiger charge is -2.15.